The number of ether oxygens (including phenoxy) is 1. The van der Waals surface area contributed by atoms with Gasteiger partial charge in [0.05, 0.1) is 17.6 Å². The van der Waals surface area contributed by atoms with E-state index >= 15 is 0 Å². The summed E-state index contributed by atoms with van der Waals surface area (Å²) in [5.74, 6) is 0.574. The molecule has 2 rings (SSSR count). The second-order valence-electron chi connectivity index (χ2n) is 5.22. The Hall–Kier alpha value is -1.82. The zero-order valence-corrected chi connectivity index (χ0v) is 12.7. The van der Waals surface area contributed by atoms with E-state index < -0.39 is 0 Å². The molecule has 0 bridgehead atoms. The molecule has 116 valence electrons. The molecule has 1 aliphatic rings. The van der Waals surface area contributed by atoms with Crippen molar-refractivity contribution in [3.63, 3.8) is 0 Å². The van der Waals surface area contributed by atoms with Crippen LogP contribution in [0.5, 0.6) is 5.75 Å². The maximum atomic E-state index is 11.1. The number of benzene rings is 1. The lowest BCUT2D eigenvalue weighted by Crippen LogP contribution is -2.36. The Bertz CT molecular complexity index is 487. The SMILES string of the molecule is CCCOc1cc(N(CC)C2CCNC2)cc([N+](=O)[O-])c1. The van der Waals surface area contributed by atoms with Gasteiger partial charge in [-0.15, -0.1) is 0 Å². The van der Waals surface area contributed by atoms with Gasteiger partial charge in [0.25, 0.3) is 5.69 Å². The number of likely N-dealkylation sites (N-methyl/N-ethyl adjacent to an activating group) is 1. The Morgan fingerprint density at radius 2 is 2.24 bits per heavy atom. The Balaban J connectivity index is 2.30. The van der Waals surface area contributed by atoms with E-state index in [1.165, 1.54) is 6.07 Å². The summed E-state index contributed by atoms with van der Waals surface area (Å²) in [6.07, 6.45) is 1.93. The molecule has 1 unspecified atom stereocenters. The molecule has 0 aromatic heterocycles. The fraction of sp³-hybridized carbons (Fsp3) is 0.600. The first-order valence-corrected chi connectivity index (χ1v) is 7.55. The average Bonchev–Trinajstić information content (AvgIpc) is 2.99. The van der Waals surface area contributed by atoms with Crippen LogP contribution in [0.25, 0.3) is 0 Å². The molecule has 1 atom stereocenters. The lowest BCUT2D eigenvalue weighted by molar-refractivity contribution is -0.384. The van der Waals surface area contributed by atoms with Crippen LogP contribution in [0.4, 0.5) is 11.4 Å². The second-order valence-corrected chi connectivity index (χ2v) is 5.22. The second kappa shape index (κ2) is 7.26. The molecule has 0 radical (unpaired) electrons. The van der Waals surface area contributed by atoms with E-state index in [0.717, 1.165) is 38.2 Å². The van der Waals surface area contributed by atoms with Crippen molar-refractivity contribution in [2.75, 3.05) is 31.1 Å². The summed E-state index contributed by atoms with van der Waals surface area (Å²) in [6.45, 7) is 7.39. The highest BCUT2D eigenvalue weighted by molar-refractivity contribution is 5.58. The standard InChI is InChI=1S/C15H23N3O3/c1-3-7-21-15-9-13(8-14(10-15)18(19)20)17(4-2)12-5-6-16-11-12/h8-10,12,16H,3-7,11H2,1-2H3. The first-order chi connectivity index (χ1) is 10.2. The van der Waals surface area contributed by atoms with Crippen molar-refractivity contribution in [3.05, 3.63) is 28.3 Å². The summed E-state index contributed by atoms with van der Waals surface area (Å²) in [4.78, 5) is 13.0. The lowest BCUT2D eigenvalue weighted by Gasteiger charge is -2.29. The highest BCUT2D eigenvalue weighted by atomic mass is 16.6. The van der Waals surface area contributed by atoms with Crippen molar-refractivity contribution in [1.29, 1.82) is 0 Å². The molecule has 1 N–H and O–H groups in total. The third-order valence-corrected chi connectivity index (χ3v) is 3.71. The molecular weight excluding hydrogens is 270 g/mol. The Kier molecular flexibility index (Phi) is 5.38. The third-order valence-electron chi connectivity index (χ3n) is 3.71. The lowest BCUT2D eigenvalue weighted by atomic mass is 10.1. The van der Waals surface area contributed by atoms with E-state index in [1.807, 2.05) is 13.0 Å². The highest BCUT2D eigenvalue weighted by Crippen LogP contribution is 2.30. The van der Waals surface area contributed by atoms with Crippen molar-refractivity contribution in [2.45, 2.75) is 32.7 Å². The topological polar surface area (TPSA) is 67.6 Å². The van der Waals surface area contributed by atoms with E-state index in [1.54, 1.807) is 6.07 Å². The average molecular weight is 293 g/mol. The number of rotatable bonds is 7. The van der Waals surface area contributed by atoms with Crippen LogP contribution in [0.3, 0.4) is 0 Å². The van der Waals surface area contributed by atoms with Crippen LogP contribution in [-0.2, 0) is 0 Å². The van der Waals surface area contributed by atoms with Gasteiger partial charge in [0.1, 0.15) is 5.75 Å². The van der Waals surface area contributed by atoms with Crippen LogP contribution >= 0.6 is 0 Å². The maximum absolute atomic E-state index is 11.1. The van der Waals surface area contributed by atoms with Crippen molar-refractivity contribution in [3.8, 4) is 5.75 Å². The van der Waals surface area contributed by atoms with E-state index in [2.05, 4.69) is 17.1 Å². The predicted molar refractivity (Wildman–Crippen MR) is 83.2 cm³/mol. The maximum Gasteiger partial charge on any atom is 0.275 e. The minimum Gasteiger partial charge on any atom is -0.493 e. The summed E-state index contributed by atoms with van der Waals surface area (Å²) in [6, 6.07) is 5.43. The summed E-state index contributed by atoms with van der Waals surface area (Å²) in [5.41, 5.74) is 0.953. The Morgan fingerprint density at radius 3 is 2.81 bits per heavy atom. The molecule has 1 aliphatic heterocycles. The molecule has 21 heavy (non-hydrogen) atoms. The highest BCUT2D eigenvalue weighted by Gasteiger charge is 2.23. The molecule has 1 saturated heterocycles. The largest absolute Gasteiger partial charge is 0.493 e. The fourth-order valence-corrected chi connectivity index (χ4v) is 2.70. The van der Waals surface area contributed by atoms with Crippen LogP contribution < -0.4 is 15.0 Å². The van der Waals surface area contributed by atoms with Gasteiger partial charge in [-0.05, 0) is 26.3 Å². The number of non-ortho nitro benzene ring substituents is 1. The molecule has 6 nitrogen and oxygen atoms in total. The number of nitrogens with zero attached hydrogens (tertiary/aromatic N) is 2. The van der Waals surface area contributed by atoms with E-state index in [9.17, 15) is 10.1 Å². The van der Waals surface area contributed by atoms with Crippen molar-refractivity contribution >= 4 is 11.4 Å². The molecule has 0 amide bonds. The number of nitrogens with one attached hydrogen (secondary N) is 1. The molecular formula is C15H23N3O3. The molecule has 1 aromatic carbocycles. The van der Waals surface area contributed by atoms with Crippen LogP contribution in [0.15, 0.2) is 18.2 Å². The van der Waals surface area contributed by atoms with Crippen molar-refractivity contribution in [2.24, 2.45) is 0 Å². The Morgan fingerprint density at radius 1 is 1.43 bits per heavy atom. The summed E-state index contributed by atoms with van der Waals surface area (Å²) in [7, 11) is 0. The van der Waals surface area contributed by atoms with Gasteiger partial charge in [-0.2, -0.15) is 0 Å². The van der Waals surface area contributed by atoms with Crippen molar-refractivity contribution < 1.29 is 9.66 Å². The molecule has 0 spiro atoms. The van der Waals surface area contributed by atoms with Gasteiger partial charge in [-0.25, -0.2) is 0 Å². The van der Waals surface area contributed by atoms with Crippen molar-refractivity contribution in [1.82, 2.24) is 5.32 Å². The van der Waals surface area contributed by atoms with Gasteiger partial charge < -0.3 is 15.0 Å². The van der Waals surface area contributed by atoms with Gasteiger partial charge >= 0.3 is 0 Å². The first kappa shape index (κ1) is 15.6. The summed E-state index contributed by atoms with van der Waals surface area (Å²) < 4.78 is 5.60. The quantitative estimate of drug-likeness (QED) is 0.618. The zero-order valence-electron chi connectivity index (χ0n) is 12.7. The molecule has 0 aliphatic carbocycles. The molecule has 0 saturated carbocycles. The molecule has 1 fully saturated rings. The number of hydrogen-bond donors (Lipinski definition) is 1. The smallest absolute Gasteiger partial charge is 0.275 e. The fourth-order valence-electron chi connectivity index (χ4n) is 2.70. The number of nitro groups is 1. The number of hydrogen-bond acceptors (Lipinski definition) is 5. The minimum absolute atomic E-state index is 0.0861. The van der Waals surface area contributed by atoms with E-state index in [4.69, 9.17) is 4.74 Å². The monoisotopic (exact) mass is 293 g/mol. The van der Waals surface area contributed by atoms with Gasteiger partial charge in [0, 0.05) is 37.0 Å². The Labute approximate surface area is 125 Å². The number of anilines is 1. The van der Waals surface area contributed by atoms with Gasteiger partial charge in [-0.1, -0.05) is 6.92 Å². The van der Waals surface area contributed by atoms with E-state index in [-0.39, 0.29) is 10.6 Å². The third kappa shape index (κ3) is 3.85. The van der Waals surface area contributed by atoms with E-state index in [0.29, 0.717) is 18.4 Å². The van der Waals surface area contributed by atoms with Crippen LogP contribution in [0.2, 0.25) is 0 Å². The molecule has 1 aromatic rings. The zero-order chi connectivity index (χ0) is 15.2. The van der Waals surface area contributed by atoms with Crippen LogP contribution in [0, 0.1) is 10.1 Å². The molecule has 6 heteroatoms. The normalized spacial score (nSPS) is 17.7. The van der Waals surface area contributed by atoms with Crippen LogP contribution in [-0.4, -0.2) is 37.2 Å². The van der Waals surface area contributed by atoms with Gasteiger partial charge in [-0.3, -0.25) is 10.1 Å². The van der Waals surface area contributed by atoms with Crippen LogP contribution in [0.1, 0.15) is 26.7 Å². The first-order valence-electron chi connectivity index (χ1n) is 7.55. The predicted octanol–water partition coefficient (Wildman–Crippen LogP) is 2.57. The van der Waals surface area contributed by atoms with Gasteiger partial charge in [0.15, 0.2) is 0 Å². The summed E-state index contributed by atoms with van der Waals surface area (Å²) in [5, 5.41) is 14.5. The summed E-state index contributed by atoms with van der Waals surface area (Å²) >= 11 is 0. The van der Waals surface area contributed by atoms with Gasteiger partial charge in [0.2, 0.25) is 0 Å². The minimum atomic E-state index is -0.358. The number of nitro benzene ring substituents is 1. The molecule has 1 heterocycles.